The predicted molar refractivity (Wildman–Crippen MR) is 133 cm³/mol. The SMILES string of the molecule is CC(NC(=O)C(Cc1ccc(O)cc1)NC(=O)C(N)Cc1ccccc1)C(=O)NC(CS)C(=O)O. The van der Waals surface area contributed by atoms with Gasteiger partial charge in [-0.15, -0.1) is 0 Å². The third kappa shape index (κ3) is 8.95. The van der Waals surface area contributed by atoms with Crippen molar-refractivity contribution in [3.63, 3.8) is 0 Å². The summed E-state index contributed by atoms with van der Waals surface area (Å²) in [7, 11) is 0. The zero-order valence-corrected chi connectivity index (χ0v) is 20.1. The van der Waals surface area contributed by atoms with E-state index in [9.17, 15) is 24.3 Å². The summed E-state index contributed by atoms with van der Waals surface area (Å²) in [5.41, 5.74) is 7.56. The summed E-state index contributed by atoms with van der Waals surface area (Å²) in [6.07, 6.45) is 0.331. The molecule has 188 valence electrons. The van der Waals surface area contributed by atoms with Crippen LogP contribution >= 0.6 is 12.6 Å². The molecule has 11 heteroatoms. The molecule has 3 amide bonds. The lowest BCUT2D eigenvalue weighted by atomic mass is 10.0. The Morgan fingerprint density at radius 2 is 1.40 bits per heavy atom. The molecule has 0 heterocycles. The van der Waals surface area contributed by atoms with Crippen LogP contribution in [0.15, 0.2) is 54.6 Å². The Bertz CT molecular complexity index is 1020. The van der Waals surface area contributed by atoms with Crippen LogP contribution in [0.4, 0.5) is 0 Å². The Balaban J connectivity index is 2.11. The molecule has 0 aliphatic heterocycles. The molecule has 4 unspecified atom stereocenters. The van der Waals surface area contributed by atoms with Gasteiger partial charge in [0, 0.05) is 12.2 Å². The third-order valence-corrected chi connectivity index (χ3v) is 5.56. The van der Waals surface area contributed by atoms with Crippen LogP contribution in [0.25, 0.3) is 0 Å². The monoisotopic (exact) mass is 502 g/mol. The lowest BCUT2D eigenvalue weighted by Crippen LogP contribution is -2.57. The van der Waals surface area contributed by atoms with E-state index in [1.807, 2.05) is 30.3 Å². The number of hydrogen-bond donors (Lipinski definition) is 7. The largest absolute Gasteiger partial charge is 0.508 e. The van der Waals surface area contributed by atoms with Crippen LogP contribution in [0.5, 0.6) is 5.75 Å². The van der Waals surface area contributed by atoms with Gasteiger partial charge in [0.1, 0.15) is 23.9 Å². The number of phenols is 1. The summed E-state index contributed by atoms with van der Waals surface area (Å²) < 4.78 is 0. The number of carboxylic acids is 1. The molecule has 0 spiro atoms. The van der Waals surface area contributed by atoms with Gasteiger partial charge in [-0.05, 0) is 36.6 Å². The normalized spacial score (nSPS) is 14.1. The first-order valence-electron chi connectivity index (χ1n) is 10.9. The first kappa shape index (κ1) is 27.7. The number of carbonyl (C=O) groups is 4. The van der Waals surface area contributed by atoms with Crippen molar-refractivity contribution < 1.29 is 29.4 Å². The number of benzene rings is 2. The highest BCUT2D eigenvalue weighted by Gasteiger charge is 2.28. The summed E-state index contributed by atoms with van der Waals surface area (Å²) in [5.74, 6) is -3.25. The zero-order valence-electron chi connectivity index (χ0n) is 19.2. The molecule has 2 aromatic carbocycles. The van der Waals surface area contributed by atoms with Gasteiger partial charge < -0.3 is 31.9 Å². The van der Waals surface area contributed by atoms with Crippen molar-refractivity contribution in [2.75, 3.05) is 5.75 Å². The third-order valence-electron chi connectivity index (χ3n) is 5.19. The second-order valence-electron chi connectivity index (χ2n) is 8.04. The van der Waals surface area contributed by atoms with Gasteiger partial charge >= 0.3 is 5.97 Å². The fraction of sp³-hybridized carbons (Fsp3) is 0.333. The lowest BCUT2D eigenvalue weighted by Gasteiger charge is -2.23. The van der Waals surface area contributed by atoms with Crippen LogP contribution in [0.1, 0.15) is 18.1 Å². The smallest absolute Gasteiger partial charge is 0.327 e. The number of amides is 3. The maximum Gasteiger partial charge on any atom is 0.327 e. The van der Waals surface area contributed by atoms with E-state index in [1.54, 1.807) is 12.1 Å². The highest BCUT2D eigenvalue weighted by molar-refractivity contribution is 7.80. The van der Waals surface area contributed by atoms with Crippen molar-refractivity contribution in [3.05, 3.63) is 65.7 Å². The summed E-state index contributed by atoms with van der Waals surface area (Å²) >= 11 is 3.90. The van der Waals surface area contributed by atoms with Crippen LogP contribution in [0.2, 0.25) is 0 Å². The molecule has 0 saturated carbocycles. The van der Waals surface area contributed by atoms with Gasteiger partial charge in [-0.2, -0.15) is 12.6 Å². The summed E-state index contributed by atoms with van der Waals surface area (Å²) in [5, 5.41) is 26.0. The van der Waals surface area contributed by atoms with E-state index in [2.05, 4.69) is 28.6 Å². The van der Waals surface area contributed by atoms with Gasteiger partial charge in [0.2, 0.25) is 17.7 Å². The van der Waals surface area contributed by atoms with E-state index in [4.69, 9.17) is 10.8 Å². The fourth-order valence-corrected chi connectivity index (χ4v) is 3.43. The van der Waals surface area contributed by atoms with Gasteiger partial charge in [-0.1, -0.05) is 42.5 Å². The highest BCUT2D eigenvalue weighted by Crippen LogP contribution is 2.12. The summed E-state index contributed by atoms with van der Waals surface area (Å²) in [4.78, 5) is 49.3. The molecule has 4 atom stereocenters. The average Bonchev–Trinajstić information content (AvgIpc) is 2.83. The topological polar surface area (TPSA) is 171 Å². The number of nitrogens with one attached hydrogen (secondary N) is 3. The van der Waals surface area contributed by atoms with Gasteiger partial charge in [-0.25, -0.2) is 4.79 Å². The second kappa shape index (κ2) is 13.4. The minimum Gasteiger partial charge on any atom is -0.508 e. The van der Waals surface area contributed by atoms with Crippen LogP contribution in [-0.4, -0.2) is 63.8 Å². The van der Waals surface area contributed by atoms with Crippen LogP contribution in [0, 0.1) is 0 Å². The summed E-state index contributed by atoms with van der Waals surface area (Å²) in [6, 6.07) is 11.0. The Kier molecular flexibility index (Phi) is 10.6. The van der Waals surface area contributed by atoms with Crippen molar-refractivity contribution in [1.29, 1.82) is 0 Å². The van der Waals surface area contributed by atoms with E-state index < -0.39 is 47.9 Å². The maximum atomic E-state index is 13.0. The zero-order chi connectivity index (χ0) is 26.0. The van der Waals surface area contributed by atoms with Crippen molar-refractivity contribution in [2.24, 2.45) is 5.73 Å². The van der Waals surface area contributed by atoms with Gasteiger partial charge in [0.15, 0.2) is 0 Å². The quantitative estimate of drug-likeness (QED) is 0.200. The van der Waals surface area contributed by atoms with E-state index in [-0.39, 0.29) is 24.3 Å². The number of rotatable bonds is 12. The predicted octanol–water partition coefficient (Wildman–Crippen LogP) is -0.00660. The second-order valence-corrected chi connectivity index (χ2v) is 8.41. The van der Waals surface area contributed by atoms with E-state index in [0.717, 1.165) is 5.56 Å². The Labute approximate surface area is 208 Å². The fourth-order valence-electron chi connectivity index (χ4n) is 3.18. The average molecular weight is 503 g/mol. The van der Waals surface area contributed by atoms with Crippen molar-refractivity contribution in [2.45, 2.75) is 43.9 Å². The standard InChI is InChI=1S/C24H30N4O6S/c1-14(21(30)28-20(13-35)24(33)34)26-23(32)19(12-16-7-9-17(29)10-8-16)27-22(31)18(25)11-15-5-3-2-4-6-15/h2-10,14,18-20,29,35H,11-13,25H2,1H3,(H,26,32)(H,27,31)(H,28,30)(H,33,34). The van der Waals surface area contributed by atoms with Crippen molar-refractivity contribution in [1.82, 2.24) is 16.0 Å². The van der Waals surface area contributed by atoms with E-state index in [0.29, 0.717) is 5.56 Å². The molecule has 0 aromatic heterocycles. The van der Waals surface area contributed by atoms with Crippen molar-refractivity contribution in [3.8, 4) is 5.75 Å². The number of carbonyl (C=O) groups excluding carboxylic acids is 3. The van der Waals surface area contributed by atoms with Crippen LogP contribution in [0.3, 0.4) is 0 Å². The molecule has 0 aliphatic rings. The number of aliphatic carboxylic acids is 1. The molecule has 35 heavy (non-hydrogen) atoms. The van der Waals surface area contributed by atoms with Gasteiger partial charge in [0.05, 0.1) is 6.04 Å². The minimum absolute atomic E-state index is 0.0473. The molecule has 0 aliphatic carbocycles. The maximum absolute atomic E-state index is 13.0. The first-order chi connectivity index (χ1) is 16.6. The molecule has 7 N–H and O–H groups in total. The van der Waals surface area contributed by atoms with Gasteiger partial charge in [-0.3, -0.25) is 14.4 Å². The minimum atomic E-state index is -1.25. The molecule has 2 aromatic rings. The Morgan fingerprint density at radius 3 is 1.97 bits per heavy atom. The van der Waals surface area contributed by atoms with E-state index >= 15 is 0 Å². The molecular formula is C24H30N4O6S. The Morgan fingerprint density at radius 1 is 0.829 bits per heavy atom. The molecule has 0 radical (unpaired) electrons. The molecule has 10 nitrogen and oxygen atoms in total. The number of hydrogen-bond acceptors (Lipinski definition) is 7. The number of aromatic hydroxyl groups is 1. The highest BCUT2D eigenvalue weighted by atomic mass is 32.1. The molecule has 0 saturated heterocycles. The Hall–Kier alpha value is -3.57. The molecule has 0 bridgehead atoms. The lowest BCUT2D eigenvalue weighted by molar-refractivity contribution is -0.141. The number of nitrogens with two attached hydrogens (primary N) is 1. The molecule has 0 fully saturated rings. The number of thiol groups is 1. The van der Waals surface area contributed by atoms with Crippen LogP contribution < -0.4 is 21.7 Å². The van der Waals surface area contributed by atoms with Crippen LogP contribution in [-0.2, 0) is 32.0 Å². The number of phenolic OH excluding ortho intramolecular Hbond substituents is 1. The van der Waals surface area contributed by atoms with Gasteiger partial charge in [0.25, 0.3) is 0 Å². The molecule has 2 rings (SSSR count). The first-order valence-corrected chi connectivity index (χ1v) is 11.6. The summed E-state index contributed by atoms with van der Waals surface area (Å²) in [6.45, 7) is 1.39. The number of carboxylic acid groups (broad SMARTS) is 1. The molecular weight excluding hydrogens is 472 g/mol. The van der Waals surface area contributed by atoms with E-state index in [1.165, 1.54) is 19.1 Å². The van der Waals surface area contributed by atoms with Crippen molar-refractivity contribution >= 4 is 36.3 Å².